The fourth-order valence-corrected chi connectivity index (χ4v) is 3.17. The summed E-state index contributed by atoms with van der Waals surface area (Å²) in [4.78, 5) is 25.7. The van der Waals surface area contributed by atoms with Gasteiger partial charge in [0, 0.05) is 41.5 Å². The number of hydrogen-bond acceptors (Lipinski definition) is 8. The van der Waals surface area contributed by atoms with E-state index in [9.17, 15) is 4.79 Å². The topological polar surface area (TPSA) is 117 Å². The Morgan fingerprint density at radius 3 is 2.65 bits per heavy atom. The maximum atomic E-state index is 12.7. The highest BCUT2D eigenvalue weighted by molar-refractivity contribution is 5.92. The molecule has 0 saturated heterocycles. The number of nitrogens with one attached hydrogen (secondary N) is 1. The molecule has 0 aliphatic rings. The number of imidazole rings is 1. The van der Waals surface area contributed by atoms with E-state index in [4.69, 9.17) is 14.0 Å². The number of nitrogens with zero attached hydrogens (tertiary/aromatic N) is 5. The Morgan fingerprint density at radius 2 is 1.94 bits per heavy atom. The zero-order valence-corrected chi connectivity index (χ0v) is 19.7. The molecule has 0 aliphatic carbocycles. The second-order valence-electron chi connectivity index (χ2n) is 8.60. The van der Waals surface area contributed by atoms with E-state index in [1.165, 1.54) is 6.33 Å². The van der Waals surface area contributed by atoms with E-state index in [0.717, 1.165) is 11.1 Å². The fraction of sp³-hybridized carbons (Fsp3) is 0.292. The number of rotatable bonds is 7. The van der Waals surface area contributed by atoms with E-state index in [2.05, 4.69) is 25.4 Å². The maximum absolute atomic E-state index is 12.7. The molecule has 0 bridgehead atoms. The molecule has 0 spiro atoms. The van der Waals surface area contributed by atoms with Gasteiger partial charge < -0.3 is 19.3 Å². The van der Waals surface area contributed by atoms with Crippen molar-refractivity contribution in [2.75, 3.05) is 14.2 Å². The molecule has 0 saturated carbocycles. The highest BCUT2D eigenvalue weighted by Gasteiger charge is 2.22. The molecule has 34 heavy (non-hydrogen) atoms. The summed E-state index contributed by atoms with van der Waals surface area (Å²) in [6.07, 6.45) is 4.78. The molecule has 0 fully saturated rings. The standard InChI is InChI=1S/C24H26N6O4/c1-24(2,3)23-28-22(34-29-23)15-8-9-25-20(10-15)30-13-18(27-14-30)21(31)26-12-16-6-7-17(32-4)11-19(16)33-5/h6-11,13-14H,12H2,1-5H3,(H,26,31). The minimum absolute atomic E-state index is 0.222. The van der Waals surface area contributed by atoms with Gasteiger partial charge in [-0.15, -0.1) is 0 Å². The summed E-state index contributed by atoms with van der Waals surface area (Å²) in [6, 6.07) is 9.00. The molecule has 10 nitrogen and oxygen atoms in total. The van der Waals surface area contributed by atoms with Crippen LogP contribution >= 0.6 is 0 Å². The monoisotopic (exact) mass is 462 g/mol. The van der Waals surface area contributed by atoms with Crippen LogP contribution in [0.4, 0.5) is 0 Å². The van der Waals surface area contributed by atoms with Crippen molar-refractivity contribution in [3.05, 3.63) is 66.1 Å². The average molecular weight is 463 g/mol. The van der Waals surface area contributed by atoms with Crippen molar-refractivity contribution in [2.24, 2.45) is 0 Å². The van der Waals surface area contributed by atoms with E-state index in [1.54, 1.807) is 49.4 Å². The van der Waals surface area contributed by atoms with Gasteiger partial charge in [-0.25, -0.2) is 9.97 Å². The second kappa shape index (κ2) is 9.34. The average Bonchev–Trinajstić information content (AvgIpc) is 3.53. The van der Waals surface area contributed by atoms with Crippen LogP contribution in [0.15, 0.2) is 53.6 Å². The van der Waals surface area contributed by atoms with Crippen molar-refractivity contribution in [3.8, 4) is 28.8 Å². The van der Waals surface area contributed by atoms with Crippen LogP contribution < -0.4 is 14.8 Å². The molecule has 10 heteroatoms. The molecule has 4 rings (SSSR count). The molecule has 3 heterocycles. The van der Waals surface area contributed by atoms with Crippen LogP contribution in [0.3, 0.4) is 0 Å². The smallest absolute Gasteiger partial charge is 0.271 e. The second-order valence-corrected chi connectivity index (χ2v) is 8.60. The number of carbonyl (C=O) groups excluding carboxylic acids is 1. The Morgan fingerprint density at radius 1 is 1.12 bits per heavy atom. The van der Waals surface area contributed by atoms with E-state index >= 15 is 0 Å². The molecule has 0 aliphatic heterocycles. The van der Waals surface area contributed by atoms with Crippen LogP contribution in [0.25, 0.3) is 17.3 Å². The Hall–Kier alpha value is -4.21. The quantitative estimate of drug-likeness (QED) is 0.443. The Bertz CT molecular complexity index is 1300. The summed E-state index contributed by atoms with van der Waals surface area (Å²) in [5, 5.41) is 6.92. The molecule has 1 amide bonds. The first kappa shape index (κ1) is 23.0. The lowest BCUT2D eigenvalue weighted by atomic mass is 9.96. The lowest BCUT2D eigenvalue weighted by molar-refractivity contribution is 0.0946. The number of amides is 1. The van der Waals surface area contributed by atoms with Gasteiger partial charge in [0.05, 0.1) is 14.2 Å². The third-order valence-electron chi connectivity index (χ3n) is 5.10. The SMILES string of the molecule is COc1ccc(CNC(=O)c2cn(-c3cc(-c4nc(C(C)(C)C)no4)ccn3)cn2)c(OC)c1. The van der Waals surface area contributed by atoms with Gasteiger partial charge in [0.2, 0.25) is 0 Å². The zero-order valence-electron chi connectivity index (χ0n) is 19.7. The van der Waals surface area contributed by atoms with Crippen LogP contribution in [0.1, 0.15) is 42.6 Å². The summed E-state index contributed by atoms with van der Waals surface area (Å²) >= 11 is 0. The van der Waals surface area contributed by atoms with E-state index < -0.39 is 0 Å². The van der Waals surface area contributed by atoms with Crippen molar-refractivity contribution in [2.45, 2.75) is 32.7 Å². The van der Waals surface area contributed by atoms with Crippen LogP contribution in [-0.4, -0.2) is 44.8 Å². The minimum Gasteiger partial charge on any atom is -0.497 e. The number of aromatic nitrogens is 5. The van der Waals surface area contributed by atoms with Crippen LogP contribution in [0, 0.1) is 0 Å². The first-order chi connectivity index (χ1) is 16.3. The van der Waals surface area contributed by atoms with Crippen molar-refractivity contribution in [3.63, 3.8) is 0 Å². The fourth-order valence-electron chi connectivity index (χ4n) is 3.17. The highest BCUT2D eigenvalue weighted by Crippen LogP contribution is 2.25. The van der Waals surface area contributed by atoms with Crippen molar-refractivity contribution in [1.29, 1.82) is 0 Å². The van der Waals surface area contributed by atoms with E-state index in [-0.39, 0.29) is 23.6 Å². The largest absolute Gasteiger partial charge is 0.497 e. The molecule has 3 aromatic heterocycles. The predicted molar refractivity (Wildman–Crippen MR) is 124 cm³/mol. The lowest BCUT2D eigenvalue weighted by Gasteiger charge is -2.11. The lowest BCUT2D eigenvalue weighted by Crippen LogP contribution is -2.23. The summed E-state index contributed by atoms with van der Waals surface area (Å²) in [5.74, 6) is 2.57. The Kier molecular flexibility index (Phi) is 6.31. The molecule has 0 unspecified atom stereocenters. The summed E-state index contributed by atoms with van der Waals surface area (Å²) in [6.45, 7) is 6.33. The Labute approximate surface area is 197 Å². The van der Waals surface area contributed by atoms with Gasteiger partial charge in [-0.3, -0.25) is 9.36 Å². The van der Waals surface area contributed by atoms with Crippen LogP contribution in [0.2, 0.25) is 0 Å². The molecule has 1 aromatic carbocycles. The highest BCUT2D eigenvalue weighted by atomic mass is 16.5. The van der Waals surface area contributed by atoms with Gasteiger partial charge in [0.1, 0.15) is 29.3 Å². The van der Waals surface area contributed by atoms with Crippen LogP contribution in [-0.2, 0) is 12.0 Å². The number of methoxy groups -OCH3 is 2. The first-order valence-electron chi connectivity index (χ1n) is 10.6. The number of carbonyl (C=O) groups is 1. The van der Waals surface area contributed by atoms with Gasteiger partial charge in [0.25, 0.3) is 11.8 Å². The van der Waals surface area contributed by atoms with Crippen molar-refractivity contribution >= 4 is 5.91 Å². The summed E-state index contributed by atoms with van der Waals surface area (Å²) in [7, 11) is 3.16. The van der Waals surface area contributed by atoms with Gasteiger partial charge >= 0.3 is 0 Å². The predicted octanol–water partition coefficient (Wildman–Crippen LogP) is 3.56. The van der Waals surface area contributed by atoms with Gasteiger partial charge in [0.15, 0.2) is 5.82 Å². The maximum Gasteiger partial charge on any atom is 0.271 e. The van der Waals surface area contributed by atoms with Gasteiger partial charge in [-0.05, 0) is 24.3 Å². The van der Waals surface area contributed by atoms with E-state index in [1.807, 2.05) is 32.9 Å². The number of ether oxygens (including phenoxy) is 2. The van der Waals surface area contributed by atoms with Crippen LogP contribution in [0.5, 0.6) is 11.5 Å². The third kappa shape index (κ3) is 4.90. The first-order valence-corrected chi connectivity index (χ1v) is 10.6. The molecular weight excluding hydrogens is 436 g/mol. The number of benzene rings is 1. The molecule has 1 N–H and O–H groups in total. The Balaban J connectivity index is 1.48. The van der Waals surface area contributed by atoms with Gasteiger partial charge in [-0.1, -0.05) is 25.9 Å². The van der Waals surface area contributed by atoms with Gasteiger partial charge in [-0.2, -0.15) is 4.98 Å². The minimum atomic E-state index is -0.320. The zero-order chi connectivity index (χ0) is 24.3. The molecule has 176 valence electrons. The molecule has 0 radical (unpaired) electrons. The van der Waals surface area contributed by atoms with Crippen molar-refractivity contribution < 1.29 is 18.8 Å². The third-order valence-corrected chi connectivity index (χ3v) is 5.10. The summed E-state index contributed by atoms with van der Waals surface area (Å²) in [5.41, 5.74) is 1.58. The molecule has 0 atom stereocenters. The summed E-state index contributed by atoms with van der Waals surface area (Å²) < 4.78 is 17.7. The van der Waals surface area contributed by atoms with Crippen molar-refractivity contribution in [1.82, 2.24) is 30.0 Å². The molecule has 4 aromatic rings. The molecular formula is C24H26N6O4. The normalized spacial score (nSPS) is 11.3. The number of hydrogen-bond donors (Lipinski definition) is 1. The van der Waals surface area contributed by atoms with E-state index in [0.29, 0.717) is 29.0 Å². The number of pyridine rings is 1.